The van der Waals surface area contributed by atoms with Crippen LogP contribution in [0.2, 0.25) is 5.02 Å². The van der Waals surface area contributed by atoms with Gasteiger partial charge in [0.25, 0.3) is 5.91 Å². The number of nitrogens with zero attached hydrogens (tertiary/aromatic N) is 3. The maximum Gasteiger partial charge on any atom is 0.255 e. The smallest absolute Gasteiger partial charge is 0.255 e. The van der Waals surface area contributed by atoms with Crippen LogP contribution in [0.15, 0.2) is 47.6 Å². The molecule has 1 aromatic carbocycles. The molecule has 1 fully saturated rings. The van der Waals surface area contributed by atoms with Crippen molar-refractivity contribution in [2.45, 2.75) is 4.90 Å². The lowest BCUT2D eigenvalue weighted by atomic mass is 10.1. The number of rotatable bonds is 3. The fourth-order valence-corrected chi connectivity index (χ4v) is 3.33. The topological polar surface area (TPSA) is 36.4 Å². The number of benzene rings is 1. The third-order valence-electron chi connectivity index (χ3n) is 4.00. The molecule has 6 heteroatoms. The van der Waals surface area contributed by atoms with Gasteiger partial charge in [-0.2, -0.15) is 0 Å². The summed E-state index contributed by atoms with van der Waals surface area (Å²) in [6.45, 7) is 3.02. The van der Waals surface area contributed by atoms with E-state index in [0.29, 0.717) is 23.7 Å². The number of hydrogen-bond donors (Lipinski definition) is 0. The fourth-order valence-electron chi connectivity index (χ4n) is 2.69. The van der Waals surface area contributed by atoms with Crippen molar-refractivity contribution in [1.29, 1.82) is 0 Å². The van der Waals surface area contributed by atoms with Gasteiger partial charge in [-0.25, -0.2) is 0 Å². The second-order valence-corrected chi connectivity index (χ2v) is 6.62. The van der Waals surface area contributed by atoms with Crippen molar-refractivity contribution in [3.63, 3.8) is 0 Å². The largest absolute Gasteiger partial charge is 0.368 e. The molecule has 0 N–H and O–H groups in total. The van der Waals surface area contributed by atoms with Crippen LogP contribution < -0.4 is 4.90 Å². The van der Waals surface area contributed by atoms with E-state index < -0.39 is 0 Å². The van der Waals surface area contributed by atoms with Gasteiger partial charge in [0, 0.05) is 49.2 Å². The first-order chi connectivity index (χ1) is 11.2. The molecule has 120 valence electrons. The number of halogens is 1. The predicted molar refractivity (Wildman–Crippen MR) is 95.6 cm³/mol. The normalized spacial score (nSPS) is 14.9. The lowest BCUT2D eigenvalue weighted by molar-refractivity contribution is 0.0746. The van der Waals surface area contributed by atoms with E-state index in [1.165, 1.54) is 0 Å². The van der Waals surface area contributed by atoms with Gasteiger partial charge in [-0.05, 0) is 36.6 Å². The molecule has 3 rings (SSSR count). The molecule has 2 heterocycles. The highest BCUT2D eigenvalue weighted by molar-refractivity contribution is 7.98. The minimum Gasteiger partial charge on any atom is -0.368 e. The first-order valence-electron chi connectivity index (χ1n) is 7.47. The predicted octanol–water partition coefficient (Wildman–Crippen LogP) is 3.42. The van der Waals surface area contributed by atoms with Crippen LogP contribution in [-0.4, -0.2) is 48.2 Å². The number of carbonyl (C=O) groups is 1. The Balaban J connectivity index is 1.69. The van der Waals surface area contributed by atoms with Gasteiger partial charge in [-0.15, -0.1) is 11.8 Å². The molecule has 2 aromatic rings. The van der Waals surface area contributed by atoms with Gasteiger partial charge in [-0.1, -0.05) is 11.6 Å². The van der Waals surface area contributed by atoms with Gasteiger partial charge in [-0.3, -0.25) is 9.78 Å². The van der Waals surface area contributed by atoms with E-state index in [4.69, 9.17) is 11.6 Å². The molecule has 0 atom stereocenters. The van der Waals surface area contributed by atoms with Crippen molar-refractivity contribution >= 4 is 35.0 Å². The molecule has 4 nitrogen and oxygen atoms in total. The molecular weight excluding hydrogens is 330 g/mol. The Morgan fingerprint density at radius 2 is 1.83 bits per heavy atom. The number of amides is 1. The van der Waals surface area contributed by atoms with Crippen molar-refractivity contribution in [3.05, 3.63) is 53.3 Å². The van der Waals surface area contributed by atoms with E-state index in [2.05, 4.69) is 9.88 Å². The molecule has 0 radical (unpaired) electrons. The molecule has 23 heavy (non-hydrogen) atoms. The Labute approximate surface area is 145 Å². The average molecular weight is 348 g/mol. The summed E-state index contributed by atoms with van der Waals surface area (Å²) in [4.78, 5) is 22.0. The van der Waals surface area contributed by atoms with E-state index in [1.807, 2.05) is 35.4 Å². The van der Waals surface area contributed by atoms with Gasteiger partial charge in [0.2, 0.25) is 0 Å². The third-order valence-corrected chi connectivity index (χ3v) is 5.05. The number of hydrogen-bond acceptors (Lipinski definition) is 4. The zero-order valence-electron chi connectivity index (χ0n) is 12.9. The maximum atomic E-state index is 12.7. The van der Waals surface area contributed by atoms with E-state index in [9.17, 15) is 4.79 Å². The summed E-state index contributed by atoms with van der Waals surface area (Å²) in [6.07, 6.45) is 5.58. The maximum absolute atomic E-state index is 12.7. The van der Waals surface area contributed by atoms with E-state index in [1.54, 1.807) is 30.2 Å². The molecule has 1 aliphatic heterocycles. The van der Waals surface area contributed by atoms with Crippen LogP contribution in [0.5, 0.6) is 0 Å². The quantitative estimate of drug-likeness (QED) is 0.797. The van der Waals surface area contributed by atoms with Crippen LogP contribution in [0, 0.1) is 0 Å². The van der Waals surface area contributed by atoms with Gasteiger partial charge < -0.3 is 9.80 Å². The van der Waals surface area contributed by atoms with E-state index in [0.717, 1.165) is 23.7 Å². The minimum atomic E-state index is 0.0141. The molecular formula is C17H18ClN3OS. The lowest BCUT2D eigenvalue weighted by Gasteiger charge is -2.36. The van der Waals surface area contributed by atoms with Crippen molar-refractivity contribution < 1.29 is 4.79 Å². The highest BCUT2D eigenvalue weighted by Crippen LogP contribution is 2.25. The van der Waals surface area contributed by atoms with Crippen LogP contribution in [0.1, 0.15) is 10.4 Å². The van der Waals surface area contributed by atoms with Gasteiger partial charge in [0.15, 0.2) is 0 Å². The number of thioether (sulfide) groups is 1. The minimum absolute atomic E-state index is 0.0141. The zero-order valence-corrected chi connectivity index (χ0v) is 14.5. The lowest BCUT2D eigenvalue weighted by Crippen LogP contribution is -2.48. The third kappa shape index (κ3) is 3.62. The van der Waals surface area contributed by atoms with E-state index >= 15 is 0 Å². The van der Waals surface area contributed by atoms with Crippen LogP contribution in [0.3, 0.4) is 0 Å². The highest BCUT2D eigenvalue weighted by Gasteiger charge is 2.24. The van der Waals surface area contributed by atoms with Crippen molar-refractivity contribution in [3.8, 4) is 0 Å². The zero-order chi connectivity index (χ0) is 16.2. The highest BCUT2D eigenvalue weighted by atomic mass is 35.5. The average Bonchev–Trinajstić information content (AvgIpc) is 2.62. The monoisotopic (exact) mass is 347 g/mol. The molecule has 1 saturated heterocycles. The number of piperazine rings is 1. The Bertz CT molecular complexity index is 687. The fraction of sp³-hybridized carbons (Fsp3) is 0.294. The van der Waals surface area contributed by atoms with Crippen molar-refractivity contribution in [2.24, 2.45) is 0 Å². The van der Waals surface area contributed by atoms with Crippen LogP contribution in [0.4, 0.5) is 5.69 Å². The molecule has 1 aliphatic rings. The summed E-state index contributed by atoms with van der Waals surface area (Å²) in [7, 11) is 0. The number of pyridine rings is 1. The molecule has 0 saturated carbocycles. The number of carbonyl (C=O) groups excluding carboxylic acids is 1. The summed E-state index contributed by atoms with van der Waals surface area (Å²) in [5.74, 6) is 0.0141. The Morgan fingerprint density at radius 3 is 2.48 bits per heavy atom. The molecule has 1 aromatic heterocycles. The van der Waals surface area contributed by atoms with Crippen molar-refractivity contribution in [2.75, 3.05) is 37.3 Å². The Hall–Kier alpha value is -1.72. The van der Waals surface area contributed by atoms with E-state index in [-0.39, 0.29) is 5.91 Å². The molecule has 1 amide bonds. The standard InChI is InChI=1S/C17H18ClN3OS/c1-23-14-2-3-16(18)15(12-14)17(22)21-10-8-20(9-11-21)13-4-6-19-7-5-13/h2-7,12H,8-11H2,1H3. The van der Waals surface area contributed by atoms with Gasteiger partial charge in [0.1, 0.15) is 0 Å². The SMILES string of the molecule is CSc1ccc(Cl)c(C(=O)N2CCN(c3ccncc3)CC2)c1. The molecule has 0 aliphatic carbocycles. The van der Waals surface area contributed by atoms with Gasteiger partial charge >= 0.3 is 0 Å². The van der Waals surface area contributed by atoms with Crippen LogP contribution in [0.25, 0.3) is 0 Å². The molecule has 0 bridgehead atoms. The Morgan fingerprint density at radius 1 is 1.13 bits per heavy atom. The second-order valence-electron chi connectivity index (χ2n) is 5.33. The summed E-state index contributed by atoms with van der Waals surface area (Å²) < 4.78 is 0. The molecule has 0 spiro atoms. The van der Waals surface area contributed by atoms with Crippen molar-refractivity contribution in [1.82, 2.24) is 9.88 Å². The summed E-state index contributed by atoms with van der Waals surface area (Å²) in [5.41, 5.74) is 1.74. The molecule has 0 unspecified atom stereocenters. The first kappa shape index (κ1) is 16.1. The number of aromatic nitrogens is 1. The van der Waals surface area contributed by atoms with Crippen LogP contribution >= 0.6 is 23.4 Å². The summed E-state index contributed by atoms with van der Waals surface area (Å²) in [6, 6.07) is 9.61. The second kappa shape index (κ2) is 7.23. The summed E-state index contributed by atoms with van der Waals surface area (Å²) in [5, 5.41) is 0.518. The summed E-state index contributed by atoms with van der Waals surface area (Å²) >= 11 is 7.83. The Kier molecular flexibility index (Phi) is 5.08. The number of anilines is 1. The van der Waals surface area contributed by atoms with Gasteiger partial charge in [0.05, 0.1) is 10.6 Å². The first-order valence-corrected chi connectivity index (χ1v) is 9.07. The van der Waals surface area contributed by atoms with Crippen LogP contribution in [-0.2, 0) is 0 Å².